The van der Waals surface area contributed by atoms with Gasteiger partial charge in [0.15, 0.2) is 0 Å². The summed E-state index contributed by atoms with van der Waals surface area (Å²) in [7, 11) is 4.13. The molecular weight excluding hydrogens is 293 g/mol. The van der Waals surface area contributed by atoms with Gasteiger partial charge in [-0.2, -0.15) is 0 Å². The summed E-state index contributed by atoms with van der Waals surface area (Å²) in [5.41, 5.74) is 2.33. The Bertz CT molecular complexity index is 541. The first kappa shape index (κ1) is 17.7. The van der Waals surface area contributed by atoms with E-state index in [1.807, 2.05) is 19.1 Å². The summed E-state index contributed by atoms with van der Waals surface area (Å²) in [6.07, 6.45) is 5.57. The van der Waals surface area contributed by atoms with Gasteiger partial charge in [0, 0.05) is 12.1 Å². The highest BCUT2D eigenvalue weighted by Gasteiger charge is 2.28. The molecule has 0 amide bonds. The maximum Gasteiger partial charge on any atom is 0.330 e. The SMILES string of the molecule is CCOC(=O)C=C1CCC(C(c2ccc(F)cc2)N(C)C)CC1. The molecule has 0 aliphatic heterocycles. The number of benzene rings is 1. The second-order valence-electron chi connectivity index (χ2n) is 6.35. The number of nitrogens with zero attached hydrogens (tertiary/aromatic N) is 1. The Morgan fingerprint density at radius 2 is 1.91 bits per heavy atom. The molecule has 4 heteroatoms. The van der Waals surface area contributed by atoms with Gasteiger partial charge in [0.2, 0.25) is 0 Å². The number of hydrogen-bond acceptors (Lipinski definition) is 3. The molecule has 0 spiro atoms. The van der Waals surface area contributed by atoms with E-state index in [0.717, 1.165) is 31.2 Å². The van der Waals surface area contributed by atoms with Gasteiger partial charge in [-0.25, -0.2) is 9.18 Å². The third kappa shape index (κ3) is 4.90. The fourth-order valence-electron chi connectivity index (χ4n) is 3.47. The van der Waals surface area contributed by atoms with E-state index in [1.54, 1.807) is 6.08 Å². The zero-order valence-electron chi connectivity index (χ0n) is 14.2. The van der Waals surface area contributed by atoms with Crippen LogP contribution in [0.1, 0.15) is 44.2 Å². The molecule has 3 nitrogen and oxygen atoms in total. The summed E-state index contributed by atoms with van der Waals surface area (Å²) >= 11 is 0. The fourth-order valence-corrected chi connectivity index (χ4v) is 3.47. The molecule has 0 N–H and O–H groups in total. The maximum absolute atomic E-state index is 13.2. The molecule has 0 heterocycles. The van der Waals surface area contributed by atoms with Gasteiger partial charge in [0.25, 0.3) is 0 Å². The second kappa shape index (κ2) is 8.25. The number of hydrogen-bond donors (Lipinski definition) is 0. The van der Waals surface area contributed by atoms with Crippen molar-refractivity contribution in [1.29, 1.82) is 0 Å². The molecule has 1 unspecified atom stereocenters. The number of halogens is 1. The summed E-state index contributed by atoms with van der Waals surface area (Å²) in [5, 5.41) is 0. The van der Waals surface area contributed by atoms with Crippen molar-refractivity contribution in [2.45, 2.75) is 38.6 Å². The molecular formula is C19H26FNO2. The molecule has 1 atom stereocenters. The third-order valence-corrected chi connectivity index (χ3v) is 4.50. The Balaban J connectivity index is 2.04. The van der Waals surface area contributed by atoms with Gasteiger partial charge in [0.1, 0.15) is 5.82 Å². The first-order valence-corrected chi connectivity index (χ1v) is 8.29. The van der Waals surface area contributed by atoms with Crippen LogP contribution in [0.2, 0.25) is 0 Å². The van der Waals surface area contributed by atoms with Crippen molar-refractivity contribution in [1.82, 2.24) is 4.90 Å². The number of rotatable bonds is 5. The molecule has 1 saturated carbocycles. The third-order valence-electron chi connectivity index (χ3n) is 4.50. The van der Waals surface area contributed by atoms with E-state index in [2.05, 4.69) is 19.0 Å². The summed E-state index contributed by atoms with van der Waals surface area (Å²) in [5.74, 6) is 0.0769. The smallest absolute Gasteiger partial charge is 0.330 e. The minimum atomic E-state index is -0.233. The molecule has 1 fully saturated rings. The number of allylic oxidation sites excluding steroid dienone is 1. The van der Waals surface area contributed by atoms with Crippen LogP contribution < -0.4 is 0 Å². The lowest BCUT2D eigenvalue weighted by atomic mass is 9.78. The average molecular weight is 319 g/mol. The molecule has 2 rings (SSSR count). The van der Waals surface area contributed by atoms with Crippen LogP contribution in [0.4, 0.5) is 4.39 Å². The van der Waals surface area contributed by atoms with E-state index < -0.39 is 0 Å². The van der Waals surface area contributed by atoms with E-state index in [1.165, 1.54) is 17.7 Å². The minimum Gasteiger partial charge on any atom is -0.463 e. The Morgan fingerprint density at radius 3 is 2.43 bits per heavy atom. The van der Waals surface area contributed by atoms with Gasteiger partial charge in [-0.1, -0.05) is 17.7 Å². The zero-order chi connectivity index (χ0) is 16.8. The van der Waals surface area contributed by atoms with Crippen LogP contribution in [-0.2, 0) is 9.53 Å². The number of esters is 1. The highest BCUT2D eigenvalue weighted by molar-refractivity contribution is 5.82. The predicted octanol–water partition coefficient (Wildman–Crippen LogP) is 4.11. The van der Waals surface area contributed by atoms with Crippen LogP contribution in [0.25, 0.3) is 0 Å². The zero-order valence-corrected chi connectivity index (χ0v) is 14.2. The van der Waals surface area contributed by atoms with Crippen LogP contribution in [0.3, 0.4) is 0 Å². The Hall–Kier alpha value is -1.68. The Morgan fingerprint density at radius 1 is 1.30 bits per heavy atom. The summed E-state index contributed by atoms with van der Waals surface area (Å²) in [6.45, 7) is 2.23. The fraction of sp³-hybridized carbons (Fsp3) is 0.526. The minimum absolute atomic E-state index is 0.199. The van der Waals surface area contributed by atoms with Crippen molar-refractivity contribution in [3.8, 4) is 0 Å². The van der Waals surface area contributed by atoms with E-state index in [0.29, 0.717) is 12.5 Å². The summed E-state index contributed by atoms with van der Waals surface area (Å²) in [6, 6.07) is 7.09. The highest BCUT2D eigenvalue weighted by Crippen LogP contribution is 2.39. The molecule has 0 bridgehead atoms. The molecule has 0 aromatic heterocycles. The van der Waals surface area contributed by atoms with Gasteiger partial charge in [0.05, 0.1) is 6.61 Å². The van der Waals surface area contributed by atoms with Gasteiger partial charge in [-0.05, 0) is 70.3 Å². The van der Waals surface area contributed by atoms with E-state index in [4.69, 9.17) is 4.74 Å². The van der Waals surface area contributed by atoms with Gasteiger partial charge >= 0.3 is 5.97 Å². The van der Waals surface area contributed by atoms with Crippen LogP contribution in [0.15, 0.2) is 35.9 Å². The lowest BCUT2D eigenvalue weighted by Crippen LogP contribution is -2.29. The number of carbonyl (C=O) groups is 1. The second-order valence-corrected chi connectivity index (χ2v) is 6.35. The van der Waals surface area contributed by atoms with Crippen molar-refractivity contribution < 1.29 is 13.9 Å². The van der Waals surface area contributed by atoms with Crippen LogP contribution in [0.5, 0.6) is 0 Å². The topological polar surface area (TPSA) is 29.5 Å². The lowest BCUT2D eigenvalue weighted by Gasteiger charge is -2.36. The van der Waals surface area contributed by atoms with Crippen molar-refractivity contribution in [3.05, 3.63) is 47.3 Å². The van der Waals surface area contributed by atoms with E-state index >= 15 is 0 Å². The number of carbonyl (C=O) groups excluding carboxylic acids is 1. The lowest BCUT2D eigenvalue weighted by molar-refractivity contribution is -0.137. The largest absolute Gasteiger partial charge is 0.463 e. The summed E-state index contributed by atoms with van der Waals surface area (Å²) < 4.78 is 18.1. The molecule has 1 aliphatic rings. The maximum atomic E-state index is 13.2. The van der Waals surface area contributed by atoms with Gasteiger partial charge in [-0.15, -0.1) is 0 Å². The van der Waals surface area contributed by atoms with Gasteiger partial charge in [-0.3, -0.25) is 0 Å². The first-order chi connectivity index (χ1) is 11.0. The summed E-state index contributed by atoms with van der Waals surface area (Å²) in [4.78, 5) is 13.8. The van der Waals surface area contributed by atoms with Crippen molar-refractivity contribution in [3.63, 3.8) is 0 Å². The molecule has 0 saturated heterocycles. The van der Waals surface area contributed by atoms with Crippen molar-refractivity contribution in [2.75, 3.05) is 20.7 Å². The van der Waals surface area contributed by atoms with Crippen LogP contribution in [-0.4, -0.2) is 31.6 Å². The standard InChI is InChI=1S/C19H26FNO2/c1-4-23-18(22)13-14-5-7-15(8-6-14)19(21(2)3)16-9-11-17(20)12-10-16/h9-13,15,19H,4-8H2,1-3H3. The molecule has 126 valence electrons. The molecule has 23 heavy (non-hydrogen) atoms. The van der Waals surface area contributed by atoms with Crippen molar-refractivity contribution in [2.24, 2.45) is 5.92 Å². The van der Waals surface area contributed by atoms with E-state index in [-0.39, 0.29) is 17.8 Å². The first-order valence-electron chi connectivity index (χ1n) is 8.29. The van der Waals surface area contributed by atoms with E-state index in [9.17, 15) is 9.18 Å². The van der Waals surface area contributed by atoms with Crippen LogP contribution >= 0.6 is 0 Å². The Labute approximate surface area is 138 Å². The monoisotopic (exact) mass is 319 g/mol. The van der Waals surface area contributed by atoms with Crippen LogP contribution in [0, 0.1) is 11.7 Å². The molecule has 1 aromatic carbocycles. The van der Waals surface area contributed by atoms with Crippen molar-refractivity contribution >= 4 is 5.97 Å². The average Bonchev–Trinajstić information content (AvgIpc) is 2.51. The molecule has 1 aromatic rings. The predicted molar refractivity (Wildman–Crippen MR) is 89.5 cm³/mol. The van der Waals surface area contributed by atoms with Gasteiger partial charge < -0.3 is 9.64 Å². The number of ether oxygens (including phenoxy) is 1. The molecule has 0 radical (unpaired) electrons. The quantitative estimate of drug-likeness (QED) is 0.604. The highest BCUT2D eigenvalue weighted by atomic mass is 19.1. The Kier molecular flexibility index (Phi) is 6.34. The molecule has 1 aliphatic carbocycles. The normalized spacial score (nSPS) is 19.5.